The summed E-state index contributed by atoms with van der Waals surface area (Å²) in [5, 5.41) is 0. The molecule has 70 valence electrons. The summed E-state index contributed by atoms with van der Waals surface area (Å²) in [6.07, 6.45) is -3.36. The molecule has 0 amide bonds. The molecule has 0 aliphatic heterocycles. The van der Waals surface area contributed by atoms with Crippen LogP contribution in [0.25, 0.3) is 0 Å². The molecule has 0 radical (unpaired) electrons. The molecule has 2 N–H and O–H groups in total. The van der Waals surface area contributed by atoms with Gasteiger partial charge in [-0.2, -0.15) is 13.2 Å². The summed E-state index contributed by atoms with van der Waals surface area (Å²) in [4.78, 5) is 3.44. The molecule has 0 aliphatic rings. The van der Waals surface area contributed by atoms with Gasteiger partial charge in [-0.05, 0) is 12.1 Å². The molecule has 0 saturated carbocycles. The largest absolute Gasteiger partial charge is 0.416 e. The van der Waals surface area contributed by atoms with Crippen molar-refractivity contribution in [1.29, 1.82) is 0 Å². The molecule has 1 rings (SSSR count). The Morgan fingerprint density at radius 1 is 1.46 bits per heavy atom. The first kappa shape index (κ1) is 9.91. The predicted molar refractivity (Wildman–Crippen MR) is 45.1 cm³/mol. The van der Waals surface area contributed by atoms with Crippen LogP contribution in [0.4, 0.5) is 13.2 Å². The molecule has 0 fully saturated rings. The molecule has 0 spiro atoms. The minimum atomic E-state index is -4.39. The first-order valence-corrected chi connectivity index (χ1v) is 3.65. The lowest BCUT2D eigenvalue weighted by molar-refractivity contribution is -0.137. The van der Waals surface area contributed by atoms with Crippen LogP contribution >= 0.6 is 12.2 Å². The molecular weight excluding hydrogens is 201 g/mol. The van der Waals surface area contributed by atoms with Crippen LogP contribution in [-0.2, 0) is 6.18 Å². The molecular formula is C7H5F3N2S. The third kappa shape index (κ3) is 2.38. The lowest BCUT2D eigenvalue weighted by Gasteiger charge is -2.06. The first-order valence-electron chi connectivity index (χ1n) is 3.24. The number of halogens is 3. The molecule has 1 aromatic heterocycles. The Morgan fingerprint density at radius 3 is 2.54 bits per heavy atom. The Kier molecular flexibility index (Phi) is 2.51. The highest BCUT2D eigenvalue weighted by atomic mass is 32.1. The molecule has 6 heteroatoms. The lowest BCUT2D eigenvalue weighted by Crippen LogP contribution is -2.14. The van der Waals surface area contributed by atoms with Crippen molar-refractivity contribution in [3.63, 3.8) is 0 Å². The Labute approximate surface area is 77.6 Å². The number of rotatable bonds is 1. The fraction of sp³-hybridized carbons (Fsp3) is 0.143. The summed E-state index contributed by atoms with van der Waals surface area (Å²) >= 11 is 4.49. The van der Waals surface area contributed by atoms with Gasteiger partial charge < -0.3 is 5.73 Å². The minimum absolute atomic E-state index is 0.0233. The van der Waals surface area contributed by atoms with Crippen LogP contribution in [0.3, 0.4) is 0 Å². The van der Waals surface area contributed by atoms with Crippen LogP contribution < -0.4 is 5.73 Å². The number of nitrogens with two attached hydrogens (primary N) is 1. The molecule has 0 atom stereocenters. The summed E-state index contributed by atoms with van der Waals surface area (Å²) in [5.74, 6) is 0. The average molecular weight is 206 g/mol. The molecule has 0 aromatic carbocycles. The fourth-order valence-corrected chi connectivity index (χ4v) is 0.853. The van der Waals surface area contributed by atoms with E-state index in [4.69, 9.17) is 5.73 Å². The van der Waals surface area contributed by atoms with E-state index in [-0.39, 0.29) is 10.7 Å². The van der Waals surface area contributed by atoms with E-state index in [1.807, 2.05) is 0 Å². The van der Waals surface area contributed by atoms with Crippen LogP contribution in [0.2, 0.25) is 0 Å². The summed E-state index contributed by atoms with van der Waals surface area (Å²) in [5.41, 5.74) is 4.30. The zero-order chi connectivity index (χ0) is 10.1. The third-order valence-corrected chi connectivity index (χ3v) is 1.55. The van der Waals surface area contributed by atoms with Crippen molar-refractivity contribution in [1.82, 2.24) is 4.98 Å². The van der Waals surface area contributed by atoms with Crippen LogP contribution in [-0.4, -0.2) is 9.97 Å². The molecule has 13 heavy (non-hydrogen) atoms. The van der Waals surface area contributed by atoms with Crippen LogP contribution in [0.5, 0.6) is 0 Å². The van der Waals surface area contributed by atoms with Gasteiger partial charge in [-0.3, -0.25) is 4.98 Å². The third-order valence-electron chi connectivity index (χ3n) is 1.34. The molecule has 1 heterocycles. The van der Waals surface area contributed by atoms with E-state index < -0.39 is 11.7 Å². The van der Waals surface area contributed by atoms with Gasteiger partial charge in [0.25, 0.3) is 0 Å². The van der Waals surface area contributed by atoms with Crippen LogP contribution in [0.1, 0.15) is 11.3 Å². The maximum atomic E-state index is 12.1. The number of aromatic nitrogens is 1. The van der Waals surface area contributed by atoms with Gasteiger partial charge >= 0.3 is 6.18 Å². The number of thiocarbonyl (C=S) groups is 1. The van der Waals surface area contributed by atoms with Gasteiger partial charge in [-0.1, -0.05) is 12.2 Å². The highest BCUT2D eigenvalue weighted by molar-refractivity contribution is 7.80. The molecule has 0 saturated heterocycles. The molecule has 0 unspecified atom stereocenters. The van der Waals surface area contributed by atoms with Gasteiger partial charge in [-0.15, -0.1) is 0 Å². The lowest BCUT2D eigenvalue weighted by atomic mass is 10.2. The normalized spacial score (nSPS) is 11.3. The van der Waals surface area contributed by atoms with Crippen molar-refractivity contribution in [3.05, 3.63) is 29.6 Å². The topological polar surface area (TPSA) is 38.9 Å². The predicted octanol–water partition coefficient (Wildman–Crippen LogP) is 1.73. The molecule has 2 nitrogen and oxygen atoms in total. The number of hydrogen-bond donors (Lipinski definition) is 1. The van der Waals surface area contributed by atoms with E-state index in [2.05, 4.69) is 17.2 Å². The van der Waals surface area contributed by atoms with Gasteiger partial charge in [0, 0.05) is 6.20 Å². The van der Waals surface area contributed by atoms with Gasteiger partial charge in [0.2, 0.25) is 0 Å². The minimum Gasteiger partial charge on any atom is -0.388 e. The van der Waals surface area contributed by atoms with E-state index in [0.717, 1.165) is 18.3 Å². The Balaban J connectivity index is 3.13. The number of hydrogen-bond acceptors (Lipinski definition) is 2. The quantitative estimate of drug-likeness (QED) is 0.711. The second kappa shape index (κ2) is 3.29. The smallest absolute Gasteiger partial charge is 0.388 e. The Hall–Kier alpha value is -1.17. The van der Waals surface area contributed by atoms with E-state index in [9.17, 15) is 13.2 Å². The fourth-order valence-electron chi connectivity index (χ4n) is 0.742. The molecule has 0 aliphatic carbocycles. The van der Waals surface area contributed by atoms with Gasteiger partial charge in [-0.25, -0.2) is 0 Å². The van der Waals surface area contributed by atoms with Crippen molar-refractivity contribution in [2.45, 2.75) is 6.18 Å². The first-order chi connectivity index (χ1) is 5.91. The van der Waals surface area contributed by atoms with Crippen molar-refractivity contribution in [2.24, 2.45) is 5.73 Å². The van der Waals surface area contributed by atoms with Gasteiger partial charge in [0.1, 0.15) is 4.99 Å². The Bertz CT molecular complexity index is 335. The van der Waals surface area contributed by atoms with E-state index in [1.165, 1.54) is 0 Å². The highest BCUT2D eigenvalue weighted by Crippen LogP contribution is 2.28. The standard InChI is InChI=1S/C7H5F3N2S/c8-7(9,10)4-1-2-12-5(3-4)6(11)13/h1-3H,(H2,11,13). The zero-order valence-corrected chi connectivity index (χ0v) is 7.12. The summed E-state index contributed by atoms with van der Waals surface area (Å²) < 4.78 is 36.4. The molecule has 1 aromatic rings. The van der Waals surface area contributed by atoms with Gasteiger partial charge in [0.05, 0.1) is 11.3 Å². The highest BCUT2D eigenvalue weighted by Gasteiger charge is 2.30. The van der Waals surface area contributed by atoms with Gasteiger partial charge in [0.15, 0.2) is 0 Å². The maximum Gasteiger partial charge on any atom is 0.416 e. The SMILES string of the molecule is NC(=S)c1cc(C(F)(F)F)ccn1. The van der Waals surface area contributed by atoms with Crippen molar-refractivity contribution < 1.29 is 13.2 Å². The van der Waals surface area contributed by atoms with Crippen molar-refractivity contribution in [3.8, 4) is 0 Å². The number of alkyl halides is 3. The number of pyridine rings is 1. The number of nitrogens with zero attached hydrogens (tertiary/aromatic N) is 1. The maximum absolute atomic E-state index is 12.1. The van der Waals surface area contributed by atoms with Crippen LogP contribution in [0, 0.1) is 0 Å². The average Bonchev–Trinajstić information content (AvgIpc) is 2.03. The van der Waals surface area contributed by atoms with Crippen molar-refractivity contribution in [2.75, 3.05) is 0 Å². The summed E-state index contributed by atoms with van der Waals surface area (Å²) in [7, 11) is 0. The van der Waals surface area contributed by atoms with Crippen LogP contribution in [0.15, 0.2) is 18.3 Å². The molecule has 0 bridgehead atoms. The summed E-state index contributed by atoms with van der Waals surface area (Å²) in [6.45, 7) is 0. The second-order valence-corrected chi connectivity index (χ2v) is 2.73. The monoisotopic (exact) mass is 206 g/mol. The summed E-state index contributed by atoms with van der Waals surface area (Å²) in [6, 6.07) is 1.68. The second-order valence-electron chi connectivity index (χ2n) is 2.29. The van der Waals surface area contributed by atoms with E-state index in [1.54, 1.807) is 0 Å². The van der Waals surface area contributed by atoms with Crippen molar-refractivity contribution >= 4 is 17.2 Å². The van der Waals surface area contributed by atoms with E-state index >= 15 is 0 Å². The zero-order valence-electron chi connectivity index (χ0n) is 6.30. The van der Waals surface area contributed by atoms with E-state index in [0.29, 0.717) is 0 Å². The Morgan fingerprint density at radius 2 is 2.08 bits per heavy atom.